The number of hydrogen-bond donors (Lipinski definition) is 1. The molecule has 0 unspecified atom stereocenters. The Kier molecular flexibility index (Phi) is 5.79. The average molecular weight is 400 g/mol. The Hall–Kier alpha value is -2.82. The van der Waals surface area contributed by atoms with Crippen LogP contribution in [0.3, 0.4) is 0 Å². The quantitative estimate of drug-likeness (QED) is 0.426. The molecule has 6 heteroatoms. The standard InChI is InChI=1S/C21H15Cl2NO3/c1-27-19-10-7-13(21(23)26)11-17(19)20(25)16-9-8-15(12-18(16)22)24-14-5-3-2-4-6-14/h2-12,24H,1H3. The van der Waals surface area contributed by atoms with Gasteiger partial charge >= 0.3 is 0 Å². The van der Waals surface area contributed by atoms with Crippen molar-refractivity contribution >= 4 is 45.6 Å². The molecule has 0 atom stereocenters. The number of nitrogens with one attached hydrogen (secondary N) is 1. The van der Waals surface area contributed by atoms with E-state index in [1.54, 1.807) is 18.2 Å². The minimum absolute atomic E-state index is 0.208. The lowest BCUT2D eigenvalue weighted by Crippen LogP contribution is -2.07. The van der Waals surface area contributed by atoms with Gasteiger partial charge in [0, 0.05) is 22.5 Å². The van der Waals surface area contributed by atoms with Crippen molar-refractivity contribution in [3.05, 3.63) is 88.4 Å². The first-order valence-electron chi connectivity index (χ1n) is 8.04. The van der Waals surface area contributed by atoms with Crippen LogP contribution in [-0.4, -0.2) is 18.1 Å². The highest BCUT2D eigenvalue weighted by molar-refractivity contribution is 6.67. The van der Waals surface area contributed by atoms with Crippen LogP contribution in [0.5, 0.6) is 5.75 Å². The zero-order valence-electron chi connectivity index (χ0n) is 14.3. The molecule has 0 aromatic heterocycles. The number of ketones is 1. The molecule has 0 aliphatic carbocycles. The number of ether oxygens (including phenoxy) is 1. The number of carbonyl (C=O) groups excluding carboxylic acids is 2. The van der Waals surface area contributed by atoms with Crippen LogP contribution in [0.25, 0.3) is 0 Å². The van der Waals surface area contributed by atoms with Gasteiger partial charge in [-0.2, -0.15) is 0 Å². The molecule has 27 heavy (non-hydrogen) atoms. The fourth-order valence-electron chi connectivity index (χ4n) is 2.62. The van der Waals surface area contributed by atoms with Gasteiger partial charge in [-0.05, 0) is 60.1 Å². The van der Waals surface area contributed by atoms with E-state index in [9.17, 15) is 9.59 Å². The van der Waals surface area contributed by atoms with Gasteiger partial charge in [0.25, 0.3) is 5.24 Å². The minimum atomic E-state index is -0.653. The molecule has 0 fully saturated rings. The minimum Gasteiger partial charge on any atom is -0.496 e. The molecule has 0 spiro atoms. The molecule has 0 aliphatic heterocycles. The van der Waals surface area contributed by atoms with Crippen molar-refractivity contribution in [1.29, 1.82) is 0 Å². The fourth-order valence-corrected chi connectivity index (χ4v) is 3.00. The van der Waals surface area contributed by atoms with E-state index in [-0.39, 0.29) is 21.9 Å². The van der Waals surface area contributed by atoms with Crippen molar-refractivity contribution < 1.29 is 14.3 Å². The monoisotopic (exact) mass is 399 g/mol. The van der Waals surface area contributed by atoms with Crippen molar-refractivity contribution in [3.63, 3.8) is 0 Å². The van der Waals surface area contributed by atoms with E-state index in [1.807, 2.05) is 30.3 Å². The third kappa shape index (κ3) is 4.30. The number of anilines is 2. The molecule has 3 rings (SSSR count). The summed E-state index contributed by atoms with van der Waals surface area (Å²) in [5, 5.41) is 2.85. The second-order valence-corrected chi connectivity index (χ2v) is 6.45. The summed E-state index contributed by atoms with van der Waals surface area (Å²) in [5.74, 6) is -0.0212. The summed E-state index contributed by atoms with van der Waals surface area (Å²) in [5.41, 5.74) is 2.38. The molecule has 3 aromatic rings. The first-order chi connectivity index (χ1) is 13.0. The molecule has 0 radical (unpaired) electrons. The van der Waals surface area contributed by atoms with Crippen LogP contribution in [0.15, 0.2) is 66.7 Å². The number of halogens is 2. The van der Waals surface area contributed by atoms with Crippen LogP contribution in [-0.2, 0) is 0 Å². The van der Waals surface area contributed by atoms with Crippen molar-refractivity contribution in [2.75, 3.05) is 12.4 Å². The predicted octanol–water partition coefficient (Wildman–Crippen LogP) is 5.70. The van der Waals surface area contributed by atoms with E-state index in [1.165, 1.54) is 25.3 Å². The van der Waals surface area contributed by atoms with Crippen LogP contribution in [0, 0.1) is 0 Å². The summed E-state index contributed by atoms with van der Waals surface area (Å²) >= 11 is 11.9. The lowest BCUT2D eigenvalue weighted by atomic mass is 10.00. The van der Waals surface area contributed by atoms with Crippen molar-refractivity contribution in [3.8, 4) is 5.75 Å². The summed E-state index contributed by atoms with van der Waals surface area (Å²) in [4.78, 5) is 24.4. The number of methoxy groups -OCH3 is 1. The summed E-state index contributed by atoms with van der Waals surface area (Å²) in [7, 11) is 1.45. The molecule has 4 nitrogen and oxygen atoms in total. The molecule has 0 amide bonds. The van der Waals surface area contributed by atoms with Crippen LogP contribution < -0.4 is 10.1 Å². The molecule has 0 heterocycles. The summed E-state index contributed by atoms with van der Waals surface area (Å²) in [6.07, 6.45) is 0. The first kappa shape index (κ1) is 19.0. The fraction of sp³-hybridized carbons (Fsp3) is 0.0476. The van der Waals surface area contributed by atoms with E-state index in [2.05, 4.69) is 5.32 Å². The van der Waals surface area contributed by atoms with Crippen LogP contribution >= 0.6 is 23.2 Å². The van der Waals surface area contributed by atoms with E-state index in [4.69, 9.17) is 27.9 Å². The van der Waals surface area contributed by atoms with Crippen LogP contribution in [0.2, 0.25) is 5.02 Å². The van der Waals surface area contributed by atoms with Gasteiger partial charge in [-0.25, -0.2) is 0 Å². The number of hydrogen-bond acceptors (Lipinski definition) is 4. The van der Waals surface area contributed by atoms with E-state index in [0.717, 1.165) is 11.4 Å². The molecule has 0 bridgehead atoms. The first-order valence-corrected chi connectivity index (χ1v) is 8.79. The molecule has 0 aliphatic rings. The number of rotatable bonds is 6. The lowest BCUT2D eigenvalue weighted by Gasteiger charge is -2.12. The van der Waals surface area contributed by atoms with Gasteiger partial charge in [-0.1, -0.05) is 29.8 Å². The second kappa shape index (κ2) is 8.25. The van der Waals surface area contributed by atoms with Gasteiger partial charge < -0.3 is 10.1 Å². The molecular formula is C21H15Cl2NO3. The average Bonchev–Trinajstić information content (AvgIpc) is 2.68. The maximum Gasteiger partial charge on any atom is 0.252 e. The summed E-state index contributed by atoms with van der Waals surface area (Å²) in [6.45, 7) is 0. The Morgan fingerprint density at radius 1 is 0.889 bits per heavy atom. The third-order valence-corrected chi connectivity index (χ3v) is 4.48. The molecule has 136 valence electrons. The summed E-state index contributed by atoms with van der Waals surface area (Å²) in [6, 6.07) is 19.1. The van der Waals surface area contributed by atoms with Gasteiger partial charge in [0.15, 0.2) is 5.78 Å². The van der Waals surface area contributed by atoms with Crippen molar-refractivity contribution in [1.82, 2.24) is 0 Å². The highest BCUT2D eigenvalue weighted by Crippen LogP contribution is 2.29. The number of carbonyl (C=O) groups is 2. The molecule has 0 saturated carbocycles. The second-order valence-electron chi connectivity index (χ2n) is 5.70. The van der Waals surface area contributed by atoms with E-state index < -0.39 is 5.24 Å². The molecule has 0 saturated heterocycles. The normalized spacial score (nSPS) is 10.3. The van der Waals surface area contributed by atoms with Gasteiger partial charge in [0.2, 0.25) is 0 Å². The van der Waals surface area contributed by atoms with Crippen molar-refractivity contribution in [2.45, 2.75) is 0 Å². The van der Waals surface area contributed by atoms with Crippen LogP contribution in [0.1, 0.15) is 26.3 Å². The van der Waals surface area contributed by atoms with E-state index in [0.29, 0.717) is 11.3 Å². The Balaban J connectivity index is 1.93. The number of para-hydroxylation sites is 1. The summed E-state index contributed by atoms with van der Waals surface area (Å²) < 4.78 is 5.23. The van der Waals surface area contributed by atoms with Gasteiger partial charge in [0.05, 0.1) is 17.7 Å². The van der Waals surface area contributed by atoms with Gasteiger partial charge in [-0.3, -0.25) is 9.59 Å². The molecule has 1 N–H and O–H groups in total. The van der Waals surface area contributed by atoms with Crippen molar-refractivity contribution in [2.24, 2.45) is 0 Å². The number of benzene rings is 3. The smallest absolute Gasteiger partial charge is 0.252 e. The van der Waals surface area contributed by atoms with Crippen LogP contribution in [0.4, 0.5) is 11.4 Å². The van der Waals surface area contributed by atoms with E-state index >= 15 is 0 Å². The zero-order valence-corrected chi connectivity index (χ0v) is 15.8. The largest absolute Gasteiger partial charge is 0.496 e. The molecular weight excluding hydrogens is 385 g/mol. The van der Waals surface area contributed by atoms with Gasteiger partial charge in [0.1, 0.15) is 5.75 Å². The lowest BCUT2D eigenvalue weighted by molar-refractivity contribution is 0.103. The maximum absolute atomic E-state index is 13.0. The maximum atomic E-state index is 13.0. The Morgan fingerprint density at radius 2 is 1.63 bits per heavy atom. The topological polar surface area (TPSA) is 55.4 Å². The Morgan fingerprint density at radius 3 is 2.26 bits per heavy atom. The molecule has 3 aromatic carbocycles. The SMILES string of the molecule is COc1ccc(C(=O)Cl)cc1C(=O)c1ccc(Nc2ccccc2)cc1Cl. The third-order valence-electron chi connectivity index (χ3n) is 3.95. The highest BCUT2D eigenvalue weighted by atomic mass is 35.5. The Labute approximate surface area is 166 Å². The predicted molar refractivity (Wildman–Crippen MR) is 108 cm³/mol. The highest BCUT2D eigenvalue weighted by Gasteiger charge is 2.19. The Bertz CT molecular complexity index is 1000. The zero-order chi connectivity index (χ0) is 19.4. The van der Waals surface area contributed by atoms with Gasteiger partial charge in [-0.15, -0.1) is 0 Å².